The Morgan fingerprint density at radius 2 is 1.94 bits per heavy atom. The van der Waals surface area contributed by atoms with Gasteiger partial charge in [-0.1, -0.05) is 0 Å². The van der Waals surface area contributed by atoms with Gasteiger partial charge in [0.1, 0.15) is 0 Å². The lowest BCUT2D eigenvalue weighted by Crippen LogP contribution is -2.57. The minimum atomic E-state index is -1.10. The molecule has 0 atom stereocenters. The van der Waals surface area contributed by atoms with Gasteiger partial charge in [-0.2, -0.15) is 5.10 Å². The van der Waals surface area contributed by atoms with Gasteiger partial charge in [0.25, 0.3) is 0 Å². The first-order valence-corrected chi connectivity index (χ1v) is 5.48. The number of carboxylic acid groups (broad SMARTS) is 1. The standard InChI is InChI=1S/C11H18N4O3/c1-10(2,8(16)17)11(3,4)15-9(18)14-7-5-12-13-6-7/h5-6H,1-4H3,(H,12,13)(H,16,17)(H2,14,15,18). The third-order valence-corrected chi connectivity index (χ3v) is 3.28. The van der Waals surface area contributed by atoms with Gasteiger partial charge in [-0.3, -0.25) is 9.89 Å². The first-order valence-electron chi connectivity index (χ1n) is 5.48. The second-order valence-electron chi connectivity index (χ2n) is 5.12. The maximum atomic E-state index is 11.7. The van der Waals surface area contributed by atoms with Crippen LogP contribution in [0.5, 0.6) is 0 Å². The molecule has 7 heteroatoms. The van der Waals surface area contributed by atoms with E-state index in [1.165, 1.54) is 12.4 Å². The molecule has 0 aliphatic heterocycles. The van der Waals surface area contributed by atoms with Crippen molar-refractivity contribution in [2.45, 2.75) is 33.2 Å². The number of nitrogens with zero attached hydrogens (tertiary/aromatic N) is 1. The molecule has 7 nitrogen and oxygen atoms in total. The summed E-state index contributed by atoms with van der Waals surface area (Å²) in [6.45, 7) is 6.45. The summed E-state index contributed by atoms with van der Waals surface area (Å²) >= 11 is 0. The summed E-state index contributed by atoms with van der Waals surface area (Å²) in [5, 5.41) is 20.6. The Balaban J connectivity index is 2.71. The zero-order chi connectivity index (χ0) is 14.0. The number of carbonyl (C=O) groups is 2. The highest BCUT2D eigenvalue weighted by atomic mass is 16.4. The molecular formula is C11H18N4O3. The first kappa shape index (κ1) is 14.0. The number of hydrogen-bond acceptors (Lipinski definition) is 3. The van der Waals surface area contributed by atoms with Crippen LogP contribution in [-0.2, 0) is 4.79 Å². The van der Waals surface area contributed by atoms with Crippen molar-refractivity contribution in [3.63, 3.8) is 0 Å². The highest BCUT2D eigenvalue weighted by Gasteiger charge is 2.44. The van der Waals surface area contributed by atoms with Crippen LogP contribution in [0, 0.1) is 5.41 Å². The van der Waals surface area contributed by atoms with E-state index in [-0.39, 0.29) is 0 Å². The van der Waals surface area contributed by atoms with Gasteiger partial charge in [0, 0.05) is 6.20 Å². The third kappa shape index (κ3) is 2.79. The van der Waals surface area contributed by atoms with Crippen LogP contribution in [0.25, 0.3) is 0 Å². The average Bonchev–Trinajstić information content (AvgIpc) is 2.68. The fraction of sp³-hybridized carbons (Fsp3) is 0.545. The molecule has 2 amide bonds. The van der Waals surface area contributed by atoms with Gasteiger partial charge < -0.3 is 15.7 Å². The van der Waals surface area contributed by atoms with Crippen molar-refractivity contribution in [3.05, 3.63) is 12.4 Å². The van der Waals surface area contributed by atoms with Crippen molar-refractivity contribution in [3.8, 4) is 0 Å². The van der Waals surface area contributed by atoms with Gasteiger partial charge in [-0.25, -0.2) is 4.79 Å². The molecule has 0 unspecified atom stereocenters. The third-order valence-electron chi connectivity index (χ3n) is 3.28. The number of urea groups is 1. The highest BCUT2D eigenvalue weighted by Crippen LogP contribution is 2.30. The van der Waals surface area contributed by atoms with Crippen molar-refractivity contribution < 1.29 is 14.7 Å². The minimum absolute atomic E-state index is 0.476. The van der Waals surface area contributed by atoms with E-state index in [9.17, 15) is 9.59 Å². The van der Waals surface area contributed by atoms with Crippen LogP contribution in [0.3, 0.4) is 0 Å². The summed E-state index contributed by atoms with van der Waals surface area (Å²) in [6, 6.07) is -0.476. The van der Waals surface area contributed by atoms with Gasteiger partial charge in [0.05, 0.1) is 22.8 Å². The van der Waals surface area contributed by atoms with Crippen molar-refractivity contribution in [2.24, 2.45) is 5.41 Å². The van der Waals surface area contributed by atoms with Gasteiger partial charge in [0.2, 0.25) is 0 Å². The highest BCUT2D eigenvalue weighted by molar-refractivity contribution is 5.90. The monoisotopic (exact) mass is 254 g/mol. The summed E-state index contributed by atoms with van der Waals surface area (Å²) < 4.78 is 0. The number of H-pyrrole nitrogens is 1. The molecule has 0 radical (unpaired) electrons. The number of carboxylic acids is 1. The predicted octanol–water partition coefficient (Wildman–Crippen LogP) is 1.42. The maximum Gasteiger partial charge on any atom is 0.319 e. The van der Waals surface area contributed by atoms with Crippen LogP contribution in [-0.4, -0.2) is 32.8 Å². The Morgan fingerprint density at radius 3 is 2.39 bits per heavy atom. The van der Waals surface area contributed by atoms with Crippen LogP contribution in [0.2, 0.25) is 0 Å². The summed E-state index contributed by atoms with van der Waals surface area (Å²) in [5.74, 6) is -0.976. The lowest BCUT2D eigenvalue weighted by Gasteiger charge is -2.38. The number of nitrogens with one attached hydrogen (secondary N) is 3. The molecule has 0 aromatic carbocycles. The predicted molar refractivity (Wildman–Crippen MR) is 66.2 cm³/mol. The molecule has 0 spiro atoms. The lowest BCUT2D eigenvalue weighted by molar-refractivity contribution is -0.150. The Morgan fingerprint density at radius 1 is 1.33 bits per heavy atom. The number of aliphatic carboxylic acids is 1. The SMILES string of the molecule is CC(C)(NC(=O)Nc1cn[nH]c1)C(C)(C)C(=O)O. The van der Waals surface area contributed by atoms with Crippen LogP contribution in [0.1, 0.15) is 27.7 Å². The van der Waals surface area contributed by atoms with Crippen LogP contribution in [0.15, 0.2) is 12.4 Å². The molecule has 0 aliphatic carbocycles. The number of aromatic nitrogens is 2. The Kier molecular flexibility index (Phi) is 3.64. The second-order valence-corrected chi connectivity index (χ2v) is 5.12. The van der Waals surface area contributed by atoms with Gasteiger partial charge in [-0.15, -0.1) is 0 Å². The van der Waals surface area contributed by atoms with E-state index in [4.69, 9.17) is 5.11 Å². The van der Waals surface area contributed by atoms with E-state index >= 15 is 0 Å². The zero-order valence-corrected chi connectivity index (χ0v) is 10.9. The quantitative estimate of drug-likeness (QED) is 0.651. The molecule has 0 saturated carbocycles. The summed E-state index contributed by atoms with van der Waals surface area (Å²) in [6.07, 6.45) is 2.98. The number of carbonyl (C=O) groups excluding carboxylic acids is 1. The van der Waals surface area contributed by atoms with E-state index in [0.717, 1.165) is 0 Å². The number of aromatic amines is 1. The molecule has 1 rings (SSSR count). The van der Waals surface area contributed by atoms with Gasteiger partial charge in [-0.05, 0) is 27.7 Å². The zero-order valence-electron chi connectivity index (χ0n) is 10.9. The largest absolute Gasteiger partial charge is 0.481 e. The van der Waals surface area contributed by atoms with Crippen molar-refractivity contribution >= 4 is 17.7 Å². The van der Waals surface area contributed by atoms with Crippen molar-refractivity contribution in [2.75, 3.05) is 5.32 Å². The van der Waals surface area contributed by atoms with E-state index in [1.54, 1.807) is 27.7 Å². The molecule has 1 aromatic rings. The van der Waals surface area contributed by atoms with Crippen LogP contribution in [0.4, 0.5) is 10.5 Å². The summed E-state index contributed by atoms with van der Waals surface area (Å²) in [4.78, 5) is 22.9. The first-order chi connectivity index (χ1) is 8.17. The fourth-order valence-electron chi connectivity index (χ4n) is 1.19. The topological polar surface area (TPSA) is 107 Å². The number of hydrogen-bond donors (Lipinski definition) is 4. The number of amides is 2. The molecule has 1 heterocycles. The molecule has 100 valence electrons. The molecule has 1 aromatic heterocycles. The van der Waals surface area contributed by atoms with Crippen LogP contribution < -0.4 is 10.6 Å². The van der Waals surface area contributed by atoms with Gasteiger partial charge >= 0.3 is 12.0 Å². The molecule has 0 saturated heterocycles. The summed E-state index contributed by atoms with van der Waals surface area (Å²) in [7, 11) is 0. The Hall–Kier alpha value is -2.05. The average molecular weight is 254 g/mol. The van der Waals surface area contributed by atoms with Crippen molar-refractivity contribution in [1.29, 1.82) is 0 Å². The van der Waals surface area contributed by atoms with Gasteiger partial charge in [0.15, 0.2) is 0 Å². The smallest absolute Gasteiger partial charge is 0.319 e. The van der Waals surface area contributed by atoms with E-state index < -0.39 is 23.0 Å². The molecule has 4 N–H and O–H groups in total. The van der Waals surface area contributed by atoms with E-state index in [2.05, 4.69) is 20.8 Å². The normalized spacial score (nSPS) is 12.0. The molecular weight excluding hydrogens is 236 g/mol. The van der Waals surface area contributed by atoms with E-state index in [0.29, 0.717) is 5.69 Å². The fourth-order valence-corrected chi connectivity index (χ4v) is 1.19. The Labute approximate surface area is 105 Å². The molecule has 0 bridgehead atoms. The number of rotatable bonds is 4. The lowest BCUT2D eigenvalue weighted by atomic mass is 9.74. The number of anilines is 1. The summed E-state index contributed by atoms with van der Waals surface area (Å²) in [5.41, 5.74) is -1.50. The minimum Gasteiger partial charge on any atom is -0.481 e. The maximum absolute atomic E-state index is 11.7. The van der Waals surface area contributed by atoms with E-state index in [1.807, 2.05) is 0 Å². The molecule has 0 fully saturated rings. The molecule has 0 aliphatic rings. The molecule has 18 heavy (non-hydrogen) atoms. The van der Waals surface area contributed by atoms with Crippen molar-refractivity contribution in [1.82, 2.24) is 15.5 Å². The second kappa shape index (κ2) is 4.67. The van der Waals surface area contributed by atoms with Crippen LogP contribution >= 0.6 is 0 Å². The Bertz CT molecular complexity index is 437.